The van der Waals surface area contributed by atoms with Gasteiger partial charge in [-0.3, -0.25) is 0 Å². The van der Waals surface area contributed by atoms with E-state index in [1.54, 1.807) is 0 Å². The summed E-state index contributed by atoms with van der Waals surface area (Å²) < 4.78 is 0. The minimum absolute atomic E-state index is 0.200. The molecule has 1 aromatic rings. The van der Waals surface area contributed by atoms with Gasteiger partial charge in [0.1, 0.15) is 0 Å². The molecule has 1 heterocycles. The second-order valence-electron chi connectivity index (χ2n) is 4.43. The molecule has 0 aliphatic rings. The van der Waals surface area contributed by atoms with E-state index < -0.39 is 0 Å². The summed E-state index contributed by atoms with van der Waals surface area (Å²) in [6.45, 7) is 8.15. The number of aryl methyl sites for hydroxylation is 2. The van der Waals surface area contributed by atoms with Crippen molar-refractivity contribution in [2.75, 3.05) is 11.2 Å². The Morgan fingerprint density at radius 1 is 1.19 bits per heavy atom. The molecule has 5 heteroatoms. The number of nitrogens with one attached hydrogen (secondary N) is 1. The number of rotatable bonds is 5. The summed E-state index contributed by atoms with van der Waals surface area (Å²) in [5.74, 6) is 1.71. The van der Waals surface area contributed by atoms with Crippen LogP contribution < -0.4 is 5.32 Å². The summed E-state index contributed by atoms with van der Waals surface area (Å²) >= 11 is 5.89. The Hall–Kier alpha value is -0.900. The zero-order valence-corrected chi connectivity index (χ0v) is 11.0. The third-order valence-corrected chi connectivity index (χ3v) is 2.74. The van der Waals surface area contributed by atoms with Crippen molar-refractivity contribution in [2.24, 2.45) is 5.92 Å². The van der Waals surface area contributed by atoms with E-state index in [-0.39, 0.29) is 6.04 Å². The van der Waals surface area contributed by atoms with Crippen LogP contribution in [0.2, 0.25) is 0 Å². The predicted molar refractivity (Wildman–Crippen MR) is 66.9 cm³/mol. The third-order valence-electron chi connectivity index (χ3n) is 2.37. The minimum atomic E-state index is 0.200. The number of hydrogen-bond donors (Lipinski definition) is 1. The van der Waals surface area contributed by atoms with Gasteiger partial charge < -0.3 is 5.32 Å². The van der Waals surface area contributed by atoms with E-state index in [1.807, 2.05) is 13.8 Å². The monoisotopic (exact) mass is 242 g/mol. The van der Waals surface area contributed by atoms with Gasteiger partial charge in [0.2, 0.25) is 5.95 Å². The first-order chi connectivity index (χ1) is 7.52. The highest BCUT2D eigenvalue weighted by atomic mass is 35.5. The van der Waals surface area contributed by atoms with Gasteiger partial charge in [-0.05, 0) is 26.2 Å². The van der Waals surface area contributed by atoms with Crippen molar-refractivity contribution >= 4 is 17.5 Å². The summed E-state index contributed by atoms with van der Waals surface area (Å²) in [6, 6.07) is 0.200. The molecule has 0 amide bonds. The molecule has 0 spiro atoms. The van der Waals surface area contributed by atoms with Gasteiger partial charge in [-0.15, -0.1) is 16.7 Å². The van der Waals surface area contributed by atoms with Crippen LogP contribution in [0.3, 0.4) is 0 Å². The van der Waals surface area contributed by atoms with Crippen LogP contribution in [0.5, 0.6) is 0 Å². The largest absolute Gasteiger partial charge is 0.349 e. The molecule has 90 valence electrons. The average molecular weight is 243 g/mol. The number of anilines is 1. The van der Waals surface area contributed by atoms with Crippen molar-refractivity contribution in [3.05, 3.63) is 11.4 Å². The predicted octanol–water partition coefficient (Wildman–Crippen LogP) is 2.55. The summed E-state index contributed by atoms with van der Waals surface area (Å²) in [5.41, 5.74) is 1.76. The summed E-state index contributed by atoms with van der Waals surface area (Å²) in [6.07, 6.45) is 1.000. The Kier molecular flexibility index (Phi) is 4.93. The van der Waals surface area contributed by atoms with E-state index in [1.165, 1.54) is 0 Å². The highest BCUT2D eigenvalue weighted by Crippen LogP contribution is 2.11. The molecule has 0 saturated carbocycles. The molecule has 16 heavy (non-hydrogen) atoms. The molecule has 1 aromatic heterocycles. The molecule has 4 nitrogen and oxygen atoms in total. The standard InChI is InChI=1S/C11H19ClN4/c1-7(2)5-10(6-12)14-11-13-8(3)9(4)15-16-11/h7,10H,5-6H2,1-4H3,(H,13,14,16). The zero-order valence-electron chi connectivity index (χ0n) is 10.3. The maximum absolute atomic E-state index is 5.89. The molecule has 0 bridgehead atoms. The first kappa shape index (κ1) is 13.2. The number of alkyl halides is 1. The van der Waals surface area contributed by atoms with Crippen LogP contribution in [0.4, 0.5) is 5.95 Å². The van der Waals surface area contributed by atoms with E-state index in [0.29, 0.717) is 17.7 Å². The van der Waals surface area contributed by atoms with E-state index in [9.17, 15) is 0 Å². The fourth-order valence-corrected chi connectivity index (χ4v) is 1.63. The number of hydrogen-bond acceptors (Lipinski definition) is 4. The maximum atomic E-state index is 5.89. The molecular weight excluding hydrogens is 224 g/mol. The quantitative estimate of drug-likeness (QED) is 0.807. The van der Waals surface area contributed by atoms with Gasteiger partial charge in [0.25, 0.3) is 0 Å². The van der Waals surface area contributed by atoms with Crippen molar-refractivity contribution < 1.29 is 0 Å². The molecule has 0 saturated heterocycles. The molecule has 1 unspecified atom stereocenters. The van der Waals surface area contributed by atoms with Crippen molar-refractivity contribution in [1.29, 1.82) is 0 Å². The Balaban J connectivity index is 2.66. The molecule has 0 aliphatic carbocycles. The topological polar surface area (TPSA) is 50.7 Å². The van der Waals surface area contributed by atoms with Gasteiger partial charge in [0.05, 0.1) is 11.4 Å². The highest BCUT2D eigenvalue weighted by Gasteiger charge is 2.11. The minimum Gasteiger partial charge on any atom is -0.349 e. The van der Waals surface area contributed by atoms with Crippen LogP contribution in [0.25, 0.3) is 0 Å². The average Bonchev–Trinajstić information content (AvgIpc) is 2.22. The van der Waals surface area contributed by atoms with Crippen LogP contribution in [0, 0.1) is 19.8 Å². The van der Waals surface area contributed by atoms with Crippen LogP contribution in [0.15, 0.2) is 0 Å². The van der Waals surface area contributed by atoms with Crippen molar-refractivity contribution in [3.63, 3.8) is 0 Å². The molecular formula is C11H19ClN4. The Labute approximate surface area is 102 Å². The second-order valence-corrected chi connectivity index (χ2v) is 4.74. The van der Waals surface area contributed by atoms with Crippen LogP contribution >= 0.6 is 11.6 Å². The first-order valence-corrected chi connectivity index (χ1v) is 6.06. The van der Waals surface area contributed by atoms with Gasteiger partial charge in [-0.1, -0.05) is 13.8 Å². The lowest BCUT2D eigenvalue weighted by Crippen LogP contribution is -2.25. The van der Waals surface area contributed by atoms with Gasteiger partial charge in [-0.2, -0.15) is 5.10 Å². The fourth-order valence-electron chi connectivity index (χ4n) is 1.43. The molecule has 1 N–H and O–H groups in total. The van der Waals surface area contributed by atoms with Gasteiger partial charge in [0, 0.05) is 11.9 Å². The van der Waals surface area contributed by atoms with Crippen LogP contribution in [-0.4, -0.2) is 27.1 Å². The summed E-state index contributed by atoms with van der Waals surface area (Å²) in [5, 5.41) is 11.2. The summed E-state index contributed by atoms with van der Waals surface area (Å²) in [7, 11) is 0. The lowest BCUT2D eigenvalue weighted by Gasteiger charge is -2.17. The van der Waals surface area contributed by atoms with Crippen LogP contribution in [-0.2, 0) is 0 Å². The molecule has 0 radical (unpaired) electrons. The number of nitrogens with zero attached hydrogens (tertiary/aromatic N) is 3. The van der Waals surface area contributed by atoms with E-state index in [4.69, 9.17) is 11.6 Å². The number of aromatic nitrogens is 3. The van der Waals surface area contributed by atoms with Crippen molar-refractivity contribution in [2.45, 2.75) is 40.2 Å². The summed E-state index contributed by atoms with van der Waals surface area (Å²) in [4.78, 5) is 4.32. The van der Waals surface area contributed by atoms with Crippen molar-refractivity contribution in [3.8, 4) is 0 Å². The second kappa shape index (κ2) is 5.99. The Bertz CT molecular complexity index is 341. The smallest absolute Gasteiger partial charge is 0.243 e. The van der Waals surface area contributed by atoms with Gasteiger partial charge >= 0.3 is 0 Å². The maximum Gasteiger partial charge on any atom is 0.243 e. The van der Waals surface area contributed by atoms with Gasteiger partial charge in [0.15, 0.2) is 0 Å². The van der Waals surface area contributed by atoms with Crippen molar-refractivity contribution in [1.82, 2.24) is 15.2 Å². The molecule has 0 aliphatic heterocycles. The molecule has 1 rings (SSSR count). The fraction of sp³-hybridized carbons (Fsp3) is 0.727. The van der Waals surface area contributed by atoms with E-state index >= 15 is 0 Å². The van der Waals surface area contributed by atoms with Crippen LogP contribution in [0.1, 0.15) is 31.7 Å². The third kappa shape index (κ3) is 3.93. The Morgan fingerprint density at radius 3 is 2.38 bits per heavy atom. The van der Waals surface area contributed by atoms with E-state index in [2.05, 4.69) is 34.3 Å². The molecule has 0 fully saturated rings. The molecule has 0 aromatic carbocycles. The lowest BCUT2D eigenvalue weighted by atomic mass is 10.1. The lowest BCUT2D eigenvalue weighted by molar-refractivity contribution is 0.539. The highest BCUT2D eigenvalue weighted by molar-refractivity contribution is 6.18. The molecule has 1 atom stereocenters. The Morgan fingerprint density at radius 2 is 1.88 bits per heavy atom. The normalized spacial score (nSPS) is 12.9. The SMILES string of the molecule is Cc1nnc(NC(CCl)CC(C)C)nc1C. The first-order valence-electron chi connectivity index (χ1n) is 5.53. The number of halogens is 1. The van der Waals surface area contributed by atoms with Gasteiger partial charge in [-0.25, -0.2) is 4.98 Å². The zero-order chi connectivity index (χ0) is 12.1. The van der Waals surface area contributed by atoms with E-state index in [0.717, 1.165) is 17.8 Å².